The molecular weight excluding hydrogens is 1140 g/mol. The Morgan fingerprint density at radius 2 is 1.26 bits per heavy atom. The molecule has 476 valence electrons. The molecular formula is C53H85ClN14O17. The summed E-state index contributed by atoms with van der Waals surface area (Å²) in [5.74, 6) is -15.6. The number of aliphatic imine (C=N–C) groups is 1. The van der Waals surface area contributed by atoms with Crippen molar-refractivity contribution in [3.05, 3.63) is 47.7 Å². The van der Waals surface area contributed by atoms with Crippen molar-refractivity contribution < 1.29 is 83.0 Å². The lowest BCUT2D eigenvalue weighted by Crippen LogP contribution is -2.62. The average Bonchev–Trinajstić information content (AvgIpc) is 3.59. The van der Waals surface area contributed by atoms with Gasteiger partial charge in [0.1, 0.15) is 54.6 Å². The van der Waals surface area contributed by atoms with Crippen molar-refractivity contribution >= 4 is 82.7 Å². The molecule has 0 bridgehead atoms. The van der Waals surface area contributed by atoms with Crippen LogP contribution in [0.1, 0.15) is 103 Å². The standard InChI is InChI=1S/C53H85ClN14O17/c1-3-5-6-7-8-12-17-30(70)25-39(72)60-37-28-85-52(84)40(38(71)26-54)67-50(81)41(42(73)51(82)83)68-46(77)31(14-4-2)61-47(78)35(24-29-15-10-9-11-16-29)65-43(74)32(18-13-23-59-53(57)58)62-44(75)33(19-21-55)63-45(76)34(20-22-56)64-48(79)36(27-69)66-49(37)80/h9-11,14-16,30,32-38,40-42,69-71,73H,3-8,12-13,17-28,55-56H2,1-2H3,(H,60,72)(H,61,78)(H,62,75)(H,63,76)(H,64,79)(H,65,74)(H,66,80)(H,67,81)(H,68,77)(H,82,83)(H4,57,58,59)/b31-14-. The summed E-state index contributed by atoms with van der Waals surface area (Å²) in [6.45, 7) is 0.672. The molecule has 0 spiro atoms. The summed E-state index contributed by atoms with van der Waals surface area (Å²) in [4.78, 5) is 156. The smallest absolute Gasteiger partial charge is 0.335 e. The molecule has 1 heterocycles. The summed E-state index contributed by atoms with van der Waals surface area (Å²) in [7, 11) is 0. The second-order valence-corrected chi connectivity index (χ2v) is 20.2. The molecule has 11 atom stereocenters. The van der Waals surface area contributed by atoms with Gasteiger partial charge in [-0.1, -0.05) is 88.8 Å². The number of esters is 1. The van der Waals surface area contributed by atoms with E-state index in [1.54, 1.807) is 30.3 Å². The van der Waals surface area contributed by atoms with Crippen LogP contribution in [0.15, 0.2) is 47.1 Å². The normalized spacial score (nSPS) is 23.7. The summed E-state index contributed by atoms with van der Waals surface area (Å²) in [5.41, 5.74) is 22.5. The van der Waals surface area contributed by atoms with Crippen molar-refractivity contribution in [3.63, 3.8) is 0 Å². The number of benzene rings is 1. The van der Waals surface area contributed by atoms with Gasteiger partial charge in [-0.2, -0.15) is 0 Å². The van der Waals surface area contributed by atoms with Gasteiger partial charge in [0.2, 0.25) is 47.3 Å². The van der Waals surface area contributed by atoms with Crippen LogP contribution in [0.4, 0.5) is 0 Å². The van der Waals surface area contributed by atoms with E-state index < -0.39 is 163 Å². The van der Waals surface area contributed by atoms with Crippen LogP contribution in [-0.2, 0) is 63.9 Å². The molecule has 31 nitrogen and oxygen atoms in total. The summed E-state index contributed by atoms with van der Waals surface area (Å²) >= 11 is 5.89. The van der Waals surface area contributed by atoms with Crippen molar-refractivity contribution in [2.24, 2.45) is 27.9 Å². The number of guanidine groups is 1. The highest BCUT2D eigenvalue weighted by molar-refractivity contribution is 6.18. The number of aliphatic carboxylic acids is 1. The van der Waals surface area contributed by atoms with E-state index in [1.165, 1.54) is 6.92 Å². The third kappa shape index (κ3) is 26.9. The fraction of sp³-hybridized carbons (Fsp3) is 0.623. The Labute approximate surface area is 496 Å². The Hall–Kier alpha value is -7.55. The first-order valence-corrected chi connectivity index (χ1v) is 28.5. The highest BCUT2D eigenvalue weighted by Crippen LogP contribution is 2.13. The summed E-state index contributed by atoms with van der Waals surface area (Å²) in [6.07, 6.45) is -1.24. The topological polar surface area (TPSA) is 523 Å². The number of rotatable bonds is 26. The van der Waals surface area contributed by atoms with Crippen molar-refractivity contribution in [2.75, 3.05) is 38.7 Å². The maximum atomic E-state index is 14.4. The van der Waals surface area contributed by atoms with E-state index in [9.17, 15) is 78.3 Å². The van der Waals surface area contributed by atoms with Gasteiger partial charge in [0.05, 0.1) is 31.1 Å². The number of unbranched alkanes of at least 4 members (excludes halogenated alkanes) is 5. The van der Waals surface area contributed by atoms with E-state index in [1.807, 2.05) is 10.6 Å². The third-order valence-corrected chi connectivity index (χ3v) is 13.3. The van der Waals surface area contributed by atoms with Gasteiger partial charge in [-0.05, 0) is 57.2 Å². The highest BCUT2D eigenvalue weighted by Gasteiger charge is 2.40. The van der Waals surface area contributed by atoms with Crippen LogP contribution in [0.3, 0.4) is 0 Å². The SMILES string of the molecule is CC/C=C1\NC(=O)C(Cc2ccccc2)NC(=O)C(CCCN=C(N)N)NC(=O)C(CCN)NC(=O)C(CCN)NC(=O)C(CO)NC(=O)C(NC(=O)CC(O)CCCCCCCC)COC(=O)C(C(O)CCl)NC(=O)C(C(O)C(=O)O)NC1=O. The fourth-order valence-corrected chi connectivity index (χ4v) is 8.52. The zero-order valence-corrected chi connectivity index (χ0v) is 48.5. The average molecular weight is 1230 g/mol. The molecule has 1 aliphatic heterocycles. The number of allylic oxidation sites excluding steroid dienone is 1. The molecule has 1 aliphatic rings. The number of aliphatic hydroxyl groups excluding tert-OH is 4. The van der Waals surface area contributed by atoms with E-state index in [2.05, 4.69) is 49.1 Å². The molecule has 9 amide bonds. The highest BCUT2D eigenvalue weighted by atomic mass is 35.5. The van der Waals surface area contributed by atoms with Gasteiger partial charge in [0.25, 0.3) is 5.91 Å². The number of alkyl halides is 1. The number of ether oxygens (including phenoxy) is 1. The summed E-state index contributed by atoms with van der Waals surface area (Å²) < 4.78 is 5.28. The summed E-state index contributed by atoms with van der Waals surface area (Å²) in [6, 6.07) is -6.91. The molecule has 22 N–H and O–H groups in total. The number of nitrogens with two attached hydrogens (primary N) is 4. The quantitative estimate of drug-likeness (QED) is 0.0103. The molecule has 1 fully saturated rings. The minimum atomic E-state index is -2.81. The first-order valence-electron chi connectivity index (χ1n) is 28.0. The van der Waals surface area contributed by atoms with E-state index in [-0.39, 0.29) is 70.5 Å². The Balaban J connectivity index is 2.85. The fourth-order valence-electron chi connectivity index (χ4n) is 8.34. The van der Waals surface area contributed by atoms with E-state index >= 15 is 0 Å². The van der Waals surface area contributed by atoms with Crippen molar-refractivity contribution in [1.29, 1.82) is 0 Å². The van der Waals surface area contributed by atoms with Crippen LogP contribution in [0.5, 0.6) is 0 Å². The van der Waals surface area contributed by atoms with Crippen molar-refractivity contribution in [1.82, 2.24) is 47.9 Å². The Morgan fingerprint density at radius 3 is 1.80 bits per heavy atom. The van der Waals surface area contributed by atoms with E-state index in [0.29, 0.717) is 12.0 Å². The van der Waals surface area contributed by atoms with Crippen molar-refractivity contribution in [2.45, 2.75) is 170 Å². The number of halogens is 1. The van der Waals surface area contributed by atoms with Crippen LogP contribution in [0.2, 0.25) is 0 Å². The lowest BCUT2D eigenvalue weighted by atomic mass is 10.0. The second kappa shape index (κ2) is 39.9. The van der Waals surface area contributed by atoms with Crippen LogP contribution in [0, 0.1) is 0 Å². The van der Waals surface area contributed by atoms with E-state index in [0.717, 1.165) is 38.2 Å². The van der Waals surface area contributed by atoms with Gasteiger partial charge in [-0.3, -0.25) is 48.1 Å². The number of amides is 9. The first-order chi connectivity index (χ1) is 40.4. The Bertz CT molecular complexity index is 2440. The van der Waals surface area contributed by atoms with Crippen LogP contribution < -0.4 is 70.8 Å². The van der Waals surface area contributed by atoms with Gasteiger partial charge < -0.3 is 101 Å². The Kier molecular flexibility index (Phi) is 34.5. The van der Waals surface area contributed by atoms with Gasteiger partial charge in [0, 0.05) is 13.0 Å². The molecule has 85 heavy (non-hydrogen) atoms. The number of carbonyl (C=O) groups excluding carboxylic acids is 10. The maximum absolute atomic E-state index is 14.4. The third-order valence-electron chi connectivity index (χ3n) is 13.0. The van der Waals surface area contributed by atoms with Gasteiger partial charge >= 0.3 is 11.9 Å². The number of carboxylic acids is 1. The molecule has 2 rings (SSSR count). The molecule has 1 aromatic rings. The molecule has 0 saturated carbocycles. The Morgan fingerprint density at radius 1 is 0.706 bits per heavy atom. The number of carboxylic acid groups (broad SMARTS) is 1. The van der Waals surface area contributed by atoms with Crippen molar-refractivity contribution in [3.8, 4) is 0 Å². The zero-order chi connectivity index (χ0) is 63.6. The largest absolute Gasteiger partial charge is 0.479 e. The van der Waals surface area contributed by atoms with Gasteiger partial charge in [0.15, 0.2) is 18.1 Å². The molecule has 1 saturated heterocycles. The molecule has 0 aliphatic carbocycles. The minimum absolute atomic E-state index is 0.0173. The number of hydrogen-bond donors (Lipinski definition) is 18. The lowest BCUT2D eigenvalue weighted by molar-refractivity contribution is -0.155. The number of hydrogen-bond acceptors (Lipinski definition) is 19. The first kappa shape index (κ1) is 73.6. The predicted molar refractivity (Wildman–Crippen MR) is 306 cm³/mol. The van der Waals surface area contributed by atoms with Crippen LogP contribution in [0.25, 0.3) is 0 Å². The second-order valence-electron chi connectivity index (χ2n) is 19.9. The van der Waals surface area contributed by atoms with Crippen LogP contribution >= 0.6 is 11.6 Å². The van der Waals surface area contributed by atoms with Crippen LogP contribution in [-0.4, -0.2) is 202 Å². The predicted octanol–water partition coefficient (Wildman–Crippen LogP) is -5.64. The minimum Gasteiger partial charge on any atom is -0.479 e. The summed E-state index contributed by atoms with van der Waals surface area (Å²) in [5, 5.41) is 73.4. The van der Waals surface area contributed by atoms with Gasteiger partial charge in [-0.15, -0.1) is 11.6 Å². The molecule has 32 heteroatoms. The molecule has 0 aromatic heterocycles. The molecule has 1 aromatic carbocycles. The number of cyclic esters (lactones) is 1. The molecule has 11 unspecified atom stereocenters. The monoisotopic (exact) mass is 1220 g/mol. The lowest BCUT2D eigenvalue weighted by Gasteiger charge is -2.28. The number of carbonyl (C=O) groups is 11. The molecule has 0 radical (unpaired) electrons. The van der Waals surface area contributed by atoms with E-state index in [4.69, 9.17) is 39.3 Å². The number of aliphatic hydroxyl groups is 4. The number of nitrogens with one attached hydrogen (secondary N) is 9. The van der Waals surface area contributed by atoms with Gasteiger partial charge in [-0.25, -0.2) is 9.59 Å². The zero-order valence-electron chi connectivity index (χ0n) is 47.7. The number of nitrogens with zero attached hydrogens (tertiary/aromatic N) is 1. The maximum Gasteiger partial charge on any atom is 0.335 e.